The van der Waals surface area contributed by atoms with E-state index in [1.54, 1.807) is 6.07 Å². The lowest BCUT2D eigenvalue weighted by Crippen LogP contribution is -2.26. The second kappa shape index (κ2) is 7.68. The predicted molar refractivity (Wildman–Crippen MR) is 98.2 cm³/mol. The van der Waals surface area contributed by atoms with E-state index >= 15 is 0 Å². The third-order valence-corrected chi connectivity index (χ3v) is 4.24. The summed E-state index contributed by atoms with van der Waals surface area (Å²) in [4.78, 5) is 19.6. The third kappa shape index (κ3) is 3.76. The Hall–Kier alpha value is -2.70. The van der Waals surface area contributed by atoms with E-state index in [1.807, 2.05) is 42.5 Å². The first kappa shape index (κ1) is 16.8. The van der Waals surface area contributed by atoms with Gasteiger partial charge in [0.05, 0.1) is 30.7 Å². The molecule has 1 fully saturated rings. The fraction of sp³-hybridized carbons (Fsp3) is 0.300. The molecule has 0 spiro atoms. The van der Waals surface area contributed by atoms with Crippen LogP contribution in [0.4, 0.5) is 0 Å². The van der Waals surface area contributed by atoms with Crippen molar-refractivity contribution in [3.63, 3.8) is 0 Å². The van der Waals surface area contributed by atoms with Crippen molar-refractivity contribution in [2.45, 2.75) is 19.1 Å². The molecule has 1 saturated heterocycles. The lowest BCUT2D eigenvalue weighted by Gasteiger charge is -2.23. The molecule has 1 aliphatic heterocycles. The number of nitrogens with one attached hydrogen (secondary N) is 1. The highest BCUT2D eigenvalue weighted by molar-refractivity contribution is 5.79. The van der Waals surface area contributed by atoms with Gasteiger partial charge in [0.2, 0.25) is 0 Å². The van der Waals surface area contributed by atoms with E-state index < -0.39 is 0 Å². The Bertz CT molecular complexity index is 948. The molecule has 0 saturated carbocycles. The van der Waals surface area contributed by atoms with Crippen LogP contribution >= 0.6 is 0 Å². The Morgan fingerprint density at radius 2 is 1.96 bits per heavy atom. The maximum atomic E-state index is 12.3. The zero-order chi connectivity index (χ0) is 17.8. The standard InChI is InChI=1S/C20H20N2O4/c23-20-16-7-1-2-8-17(16)21-19(22-20)14-5-3-6-15(13-14)24-12-9-18-25-10-4-11-26-18/h1-3,5-8,13,18H,4,9-12H2,(H,21,22,23). The Morgan fingerprint density at radius 3 is 2.85 bits per heavy atom. The van der Waals surface area contributed by atoms with Crippen molar-refractivity contribution < 1.29 is 14.2 Å². The number of nitrogens with zero attached hydrogens (tertiary/aromatic N) is 1. The molecule has 6 nitrogen and oxygen atoms in total. The number of aromatic nitrogens is 2. The first-order chi connectivity index (χ1) is 12.8. The second-order valence-corrected chi connectivity index (χ2v) is 6.12. The molecule has 1 aromatic heterocycles. The molecule has 4 rings (SSSR count). The number of hydrogen-bond acceptors (Lipinski definition) is 5. The van der Waals surface area contributed by atoms with E-state index in [0.29, 0.717) is 35.5 Å². The fourth-order valence-electron chi connectivity index (χ4n) is 2.93. The summed E-state index contributed by atoms with van der Waals surface area (Å²) in [5.41, 5.74) is 1.32. The lowest BCUT2D eigenvalue weighted by atomic mass is 10.2. The molecule has 1 aliphatic rings. The normalized spacial score (nSPS) is 15.2. The SMILES string of the molecule is O=c1[nH]c(-c2cccc(OCCC3OCCCO3)c2)nc2ccccc12. The number of rotatable bonds is 5. The summed E-state index contributed by atoms with van der Waals surface area (Å²) >= 11 is 0. The van der Waals surface area contributed by atoms with Crippen LogP contribution in [-0.2, 0) is 9.47 Å². The molecular formula is C20H20N2O4. The van der Waals surface area contributed by atoms with Crippen molar-refractivity contribution >= 4 is 10.9 Å². The Kier molecular flexibility index (Phi) is 4.95. The van der Waals surface area contributed by atoms with E-state index in [9.17, 15) is 4.79 Å². The Labute approximate surface area is 150 Å². The average molecular weight is 352 g/mol. The van der Waals surface area contributed by atoms with Gasteiger partial charge in [-0.1, -0.05) is 24.3 Å². The Balaban J connectivity index is 1.49. The third-order valence-electron chi connectivity index (χ3n) is 4.24. The zero-order valence-electron chi connectivity index (χ0n) is 14.3. The van der Waals surface area contributed by atoms with Crippen LogP contribution in [0.25, 0.3) is 22.3 Å². The van der Waals surface area contributed by atoms with Crippen molar-refractivity contribution in [2.75, 3.05) is 19.8 Å². The average Bonchev–Trinajstić information content (AvgIpc) is 2.69. The first-order valence-corrected chi connectivity index (χ1v) is 8.75. The smallest absolute Gasteiger partial charge is 0.259 e. The molecule has 134 valence electrons. The van der Waals surface area contributed by atoms with Crippen LogP contribution in [0.3, 0.4) is 0 Å². The minimum atomic E-state index is -0.189. The molecule has 0 bridgehead atoms. The molecule has 0 atom stereocenters. The molecule has 26 heavy (non-hydrogen) atoms. The van der Waals surface area contributed by atoms with Gasteiger partial charge in [0.1, 0.15) is 11.6 Å². The van der Waals surface area contributed by atoms with E-state index in [4.69, 9.17) is 14.2 Å². The van der Waals surface area contributed by atoms with Gasteiger partial charge < -0.3 is 19.2 Å². The molecule has 1 N–H and O–H groups in total. The second-order valence-electron chi connectivity index (χ2n) is 6.12. The number of fused-ring (bicyclic) bond motifs is 1. The molecule has 2 aromatic carbocycles. The number of para-hydroxylation sites is 1. The Morgan fingerprint density at radius 1 is 1.12 bits per heavy atom. The first-order valence-electron chi connectivity index (χ1n) is 8.75. The molecule has 3 aromatic rings. The van der Waals surface area contributed by atoms with Crippen molar-refractivity contribution in [1.82, 2.24) is 9.97 Å². The van der Waals surface area contributed by atoms with Gasteiger partial charge in [-0.2, -0.15) is 0 Å². The predicted octanol–water partition coefficient (Wildman–Crippen LogP) is 3.12. The summed E-state index contributed by atoms with van der Waals surface area (Å²) in [6.07, 6.45) is 1.43. The van der Waals surface area contributed by atoms with Crippen molar-refractivity contribution in [3.8, 4) is 17.1 Å². The van der Waals surface area contributed by atoms with Crippen LogP contribution < -0.4 is 10.3 Å². The quantitative estimate of drug-likeness (QED) is 0.764. The minimum Gasteiger partial charge on any atom is -0.493 e. The molecule has 0 radical (unpaired) electrons. The number of ether oxygens (including phenoxy) is 3. The van der Waals surface area contributed by atoms with Crippen LogP contribution in [0, 0.1) is 0 Å². The van der Waals surface area contributed by atoms with E-state index in [0.717, 1.165) is 25.2 Å². The molecule has 0 aliphatic carbocycles. The van der Waals surface area contributed by atoms with Crippen molar-refractivity contribution in [2.24, 2.45) is 0 Å². The van der Waals surface area contributed by atoms with Crippen LogP contribution in [0.5, 0.6) is 5.75 Å². The van der Waals surface area contributed by atoms with Crippen molar-refractivity contribution in [3.05, 3.63) is 58.9 Å². The highest BCUT2D eigenvalue weighted by Gasteiger charge is 2.14. The van der Waals surface area contributed by atoms with Gasteiger partial charge in [0.15, 0.2) is 6.29 Å². The maximum Gasteiger partial charge on any atom is 0.259 e. The van der Waals surface area contributed by atoms with Gasteiger partial charge in [-0.25, -0.2) is 4.98 Å². The summed E-state index contributed by atoms with van der Waals surface area (Å²) < 4.78 is 16.8. The van der Waals surface area contributed by atoms with E-state index in [-0.39, 0.29) is 11.8 Å². The summed E-state index contributed by atoms with van der Waals surface area (Å²) in [6.45, 7) is 1.97. The van der Waals surface area contributed by atoms with Crippen LogP contribution in [0.2, 0.25) is 0 Å². The van der Waals surface area contributed by atoms with Crippen LogP contribution in [0.15, 0.2) is 53.3 Å². The fourth-order valence-corrected chi connectivity index (χ4v) is 2.93. The molecule has 0 unspecified atom stereocenters. The van der Waals surface area contributed by atoms with E-state index in [1.165, 1.54) is 0 Å². The lowest BCUT2D eigenvalue weighted by molar-refractivity contribution is -0.183. The number of aromatic amines is 1. The van der Waals surface area contributed by atoms with Gasteiger partial charge in [-0.05, 0) is 30.7 Å². The molecule has 2 heterocycles. The van der Waals surface area contributed by atoms with Crippen molar-refractivity contribution in [1.29, 1.82) is 0 Å². The summed E-state index contributed by atoms with van der Waals surface area (Å²) in [5.74, 6) is 1.24. The highest BCUT2D eigenvalue weighted by atomic mass is 16.7. The number of benzene rings is 2. The zero-order valence-corrected chi connectivity index (χ0v) is 14.3. The van der Waals surface area contributed by atoms with Gasteiger partial charge in [-0.3, -0.25) is 4.79 Å². The van der Waals surface area contributed by atoms with Crippen LogP contribution in [0.1, 0.15) is 12.8 Å². The molecule has 0 amide bonds. The number of H-pyrrole nitrogens is 1. The van der Waals surface area contributed by atoms with Crippen LogP contribution in [-0.4, -0.2) is 36.1 Å². The van der Waals surface area contributed by atoms with Gasteiger partial charge in [0, 0.05) is 12.0 Å². The summed E-state index contributed by atoms with van der Waals surface area (Å²) in [6, 6.07) is 14.8. The maximum absolute atomic E-state index is 12.3. The number of hydrogen-bond donors (Lipinski definition) is 1. The highest BCUT2D eigenvalue weighted by Crippen LogP contribution is 2.22. The minimum absolute atomic E-state index is 0.150. The topological polar surface area (TPSA) is 73.4 Å². The van der Waals surface area contributed by atoms with Gasteiger partial charge in [0.25, 0.3) is 5.56 Å². The largest absolute Gasteiger partial charge is 0.493 e. The summed E-state index contributed by atoms with van der Waals surface area (Å²) in [7, 11) is 0. The summed E-state index contributed by atoms with van der Waals surface area (Å²) in [5, 5.41) is 0.580. The molecular weight excluding hydrogens is 332 g/mol. The molecule has 6 heteroatoms. The monoisotopic (exact) mass is 352 g/mol. The van der Waals surface area contributed by atoms with E-state index in [2.05, 4.69) is 9.97 Å². The van der Waals surface area contributed by atoms with Gasteiger partial charge >= 0.3 is 0 Å². The van der Waals surface area contributed by atoms with Gasteiger partial charge in [-0.15, -0.1) is 0 Å².